The quantitative estimate of drug-likeness (QED) is 0.410. The van der Waals surface area contributed by atoms with Crippen LogP contribution in [0.2, 0.25) is 0 Å². The largest absolute Gasteiger partial charge is 0.346 e. The standard InChI is InChI=1S/C24H22N4O3S/c1-16-2-10-20(11-3-16)32(30,31)27-18-6-4-17(5-7-18)22-14-23(28(15-29)19-8-9-19)26-24-21(22)12-13-25-24/h2-7,10-15,19,27H,8-9H2,1H3,(H,25,26). The molecule has 1 amide bonds. The van der Waals surface area contributed by atoms with Crippen molar-refractivity contribution in [3.05, 3.63) is 72.4 Å². The normalized spacial score (nSPS) is 13.8. The van der Waals surface area contributed by atoms with Gasteiger partial charge in [0.1, 0.15) is 11.5 Å². The molecule has 32 heavy (non-hydrogen) atoms. The van der Waals surface area contributed by atoms with E-state index in [0.29, 0.717) is 17.2 Å². The van der Waals surface area contributed by atoms with E-state index in [1.165, 1.54) is 0 Å². The van der Waals surface area contributed by atoms with Gasteiger partial charge in [-0.05, 0) is 67.3 Å². The molecule has 1 aliphatic rings. The Labute approximate surface area is 186 Å². The number of pyridine rings is 1. The zero-order valence-corrected chi connectivity index (χ0v) is 18.3. The molecular formula is C24H22N4O3S. The first kappa shape index (κ1) is 20.3. The summed E-state index contributed by atoms with van der Waals surface area (Å²) in [4.78, 5) is 21.3. The molecule has 0 spiro atoms. The minimum atomic E-state index is -3.67. The highest BCUT2D eigenvalue weighted by molar-refractivity contribution is 7.92. The maximum absolute atomic E-state index is 12.7. The fourth-order valence-electron chi connectivity index (χ4n) is 3.72. The van der Waals surface area contributed by atoms with E-state index in [1.54, 1.807) is 41.3 Å². The van der Waals surface area contributed by atoms with E-state index in [1.807, 2.05) is 37.4 Å². The van der Waals surface area contributed by atoms with Crippen molar-refractivity contribution in [3.63, 3.8) is 0 Å². The van der Waals surface area contributed by atoms with Crippen LogP contribution in [-0.2, 0) is 14.8 Å². The number of carbonyl (C=O) groups is 1. The highest BCUT2D eigenvalue weighted by Crippen LogP contribution is 2.35. The Balaban J connectivity index is 1.47. The summed E-state index contributed by atoms with van der Waals surface area (Å²) in [6, 6.07) is 18.0. The molecule has 2 aromatic carbocycles. The van der Waals surface area contributed by atoms with Crippen LogP contribution >= 0.6 is 0 Å². The van der Waals surface area contributed by atoms with Crippen LogP contribution in [0.5, 0.6) is 0 Å². The lowest BCUT2D eigenvalue weighted by molar-refractivity contribution is -0.107. The van der Waals surface area contributed by atoms with E-state index in [0.717, 1.165) is 41.3 Å². The molecule has 0 aliphatic heterocycles. The van der Waals surface area contributed by atoms with E-state index in [-0.39, 0.29) is 10.9 Å². The van der Waals surface area contributed by atoms with Gasteiger partial charge in [-0.15, -0.1) is 0 Å². The van der Waals surface area contributed by atoms with Crippen molar-refractivity contribution >= 4 is 39.0 Å². The van der Waals surface area contributed by atoms with Gasteiger partial charge in [0.05, 0.1) is 4.90 Å². The number of nitrogens with one attached hydrogen (secondary N) is 2. The number of aromatic amines is 1. The number of aryl methyl sites for hydroxylation is 1. The van der Waals surface area contributed by atoms with Crippen molar-refractivity contribution in [2.75, 3.05) is 9.62 Å². The van der Waals surface area contributed by atoms with Crippen LogP contribution in [0.3, 0.4) is 0 Å². The highest BCUT2D eigenvalue weighted by Gasteiger charge is 2.30. The first-order chi connectivity index (χ1) is 15.4. The predicted octanol–water partition coefficient (Wildman–Crippen LogP) is 4.46. The van der Waals surface area contributed by atoms with Gasteiger partial charge in [0, 0.05) is 23.3 Å². The van der Waals surface area contributed by atoms with Gasteiger partial charge in [-0.3, -0.25) is 14.4 Å². The lowest BCUT2D eigenvalue weighted by atomic mass is 10.0. The number of hydrogen-bond donors (Lipinski definition) is 2. The molecule has 0 atom stereocenters. The summed E-state index contributed by atoms with van der Waals surface area (Å²) in [5.74, 6) is 0.608. The third-order valence-corrected chi connectivity index (χ3v) is 7.01. The number of rotatable bonds is 7. The van der Waals surface area contributed by atoms with Crippen LogP contribution in [0.25, 0.3) is 22.2 Å². The molecule has 2 aromatic heterocycles. The molecule has 0 bridgehead atoms. The Hall–Kier alpha value is -3.65. The first-order valence-electron chi connectivity index (χ1n) is 10.4. The Bertz CT molecular complexity index is 1390. The van der Waals surface area contributed by atoms with Crippen LogP contribution in [0, 0.1) is 6.92 Å². The van der Waals surface area contributed by atoms with Crippen LogP contribution in [0.1, 0.15) is 18.4 Å². The van der Waals surface area contributed by atoms with Crippen molar-refractivity contribution in [2.24, 2.45) is 0 Å². The second-order valence-corrected chi connectivity index (χ2v) is 9.69. The minimum absolute atomic E-state index is 0.207. The van der Waals surface area contributed by atoms with E-state index < -0.39 is 10.0 Å². The first-order valence-corrected chi connectivity index (χ1v) is 11.8. The average Bonchev–Trinajstić information content (AvgIpc) is 3.50. The van der Waals surface area contributed by atoms with Crippen LogP contribution in [0.4, 0.5) is 11.5 Å². The summed E-state index contributed by atoms with van der Waals surface area (Å²) in [7, 11) is -3.67. The molecule has 7 nitrogen and oxygen atoms in total. The Kier molecular flexibility index (Phi) is 4.94. The zero-order valence-electron chi connectivity index (χ0n) is 17.4. The number of anilines is 2. The van der Waals surface area contributed by atoms with Gasteiger partial charge < -0.3 is 4.98 Å². The van der Waals surface area contributed by atoms with Gasteiger partial charge in [-0.2, -0.15) is 0 Å². The molecule has 2 heterocycles. The predicted molar refractivity (Wildman–Crippen MR) is 125 cm³/mol. The number of benzene rings is 2. The van der Waals surface area contributed by atoms with Gasteiger partial charge in [0.15, 0.2) is 0 Å². The van der Waals surface area contributed by atoms with E-state index >= 15 is 0 Å². The highest BCUT2D eigenvalue weighted by atomic mass is 32.2. The monoisotopic (exact) mass is 446 g/mol. The van der Waals surface area contributed by atoms with Crippen LogP contribution in [-0.4, -0.2) is 30.8 Å². The van der Waals surface area contributed by atoms with Crippen molar-refractivity contribution in [2.45, 2.75) is 30.7 Å². The molecule has 0 unspecified atom stereocenters. The molecule has 5 rings (SSSR count). The number of nitrogens with zero attached hydrogens (tertiary/aromatic N) is 2. The number of sulfonamides is 1. The van der Waals surface area contributed by atoms with Gasteiger partial charge in [0.2, 0.25) is 6.41 Å². The number of carbonyl (C=O) groups excluding carboxylic acids is 1. The zero-order chi connectivity index (χ0) is 22.3. The Morgan fingerprint density at radius 2 is 1.78 bits per heavy atom. The number of amides is 1. The summed E-state index contributed by atoms with van der Waals surface area (Å²) in [6.45, 7) is 1.91. The second-order valence-electron chi connectivity index (χ2n) is 8.01. The third-order valence-electron chi connectivity index (χ3n) is 5.61. The smallest absolute Gasteiger partial charge is 0.261 e. The van der Waals surface area contributed by atoms with Crippen molar-refractivity contribution in [1.82, 2.24) is 9.97 Å². The summed E-state index contributed by atoms with van der Waals surface area (Å²) in [5, 5.41) is 0.934. The van der Waals surface area contributed by atoms with E-state index in [9.17, 15) is 13.2 Å². The fraction of sp³-hybridized carbons (Fsp3) is 0.167. The number of H-pyrrole nitrogens is 1. The minimum Gasteiger partial charge on any atom is -0.346 e. The molecule has 1 aliphatic carbocycles. The Morgan fingerprint density at radius 3 is 2.44 bits per heavy atom. The maximum Gasteiger partial charge on any atom is 0.261 e. The van der Waals surface area contributed by atoms with Gasteiger partial charge in [0.25, 0.3) is 10.0 Å². The average molecular weight is 447 g/mol. The maximum atomic E-state index is 12.7. The van der Waals surface area contributed by atoms with Crippen LogP contribution < -0.4 is 9.62 Å². The molecule has 1 saturated carbocycles. The van der Waals surface area contributed by atoms with Crippen LogP contribution in [0.15, 0.2) is 71.8 Å². The summed E-state index contributed by atoms with van der Waals surface area (Å²) < 4.78 is 28.0. The molecule has 162 valence electrons. The topological polar surface area (TPSA) is 95.2 Å². The summed E-state index contributed by atoms with van der Waals surface area (Å²) >= 11 is 0. The van der Waals surface area contributed by atoms with Crippen molar-refractivity contribution in [1.29, 1.82) is 0 Å². The molecule has 8 heteroatoms. The van der Waals surface area contributed by atoms with E-state index in [2.05, 4.69) is 14.7 Å². The number of hydrogen-bond acceptors (Lipinski definition) is 4. The van der Waals surface area contributed by atoms with Gasteiger partial charge >= 0.3 is 0 Å². The molecule has 1 fully saturated rings. The SMILES string of the molecule is Cc1ccc(S(=O)(=O)Nc2ccc(-c3cc(N(C=O)C4CC4)nc4[nH]ccc34)cc2)cc1. The lowest BCUT2D eigenvalue weighted by Crippen LogP contribution is -2.24. The molecule has 2 N–H and O–H groups in total. The number of aromatic nitrogens is 2. The molecule has 0 saturated heterocycles. The van der Waals surface area contributed by atoms with E-state index in [4.69, 9.17) is 0 Å². The van der Waals surface area contributed by atoms with Gasteiger partial charge in [-0.25, -0.2) is 13.4 Å². The van der Waals surface area contributed by atoms with Gasteiger partial charge in [-0.1, -0.05) is 29.8 Å². The summed E-state index contributed by atoms with van der Waals surface area (Å²) in [5.41, 5.74) is 4.00. The molecular weight excluding hydrogens is 424 g/mol. The second kappa shape index (κ2) is 7.80. The summed E-state index contributed by atoms with van der Waals surface area (Å²) in [6.07, 6.45) is 4.61. The Morgan fingerprint density at radius 1 is 1.06 bits per heavy atom. The lowest BCUT2D eigenvalue weighted by Gasteiger charge is -2.17. The van der Waals surface area contributed by atoms with Crippen molar-refractivity contribution in [3.8, 4) is 11.1 Å². The fourth-order valence-corrected chi connectivity index (χ4v) is 4.78. The number of fused-ring (bicyclic) bond motifs is 1. The molecule has 0 radical (unpaired) electrons. The molecule has 4 aromatic rings. The third kappa shape index (κ3) is 3.85. The van der Waals surface area contributed by atoms with Crippen molar-refractivity contribution < 1.29 is 13.2 Å².